The maximum absolute atomic E-state index is 13.4. The zero-order chi connectivity index (χ0) is 26.0. The standard InChI is InChI=1S/C29H29NO6/c1-6-18-7-9-19(10-8-18)26-25(27(31)22-13-12-21(34-3)15-17(22)2)28(32)29(33)30(26)20-11-14-23(35-4)24(16-20)36-5/h7-16,26,31H,6H2,1-5H3/b27-25+. The van der Waals surface area contributed by atoms with Crippen LogP contribution >= 0.6 is 0 Å². The van der Waals surface area contributed by atoms with Crippen LogP contribution in [0.1, 0.15) is 35.2 Å². The van der Waals surface area contributed by atoms with Gasteiger partial charge in [0.1, 0.15) is 11.5 Å². The molecule has 3 aromatic carbocycles. The van der Waals surface area contributed by atoms with Crippen LogP contribution in [0, 0.1) is 6.92 Å². The smallest absolute Gasteiger partial charge is 0.300 e. The molecular formula is C29H29NO6. The number of nitrogens with zero attached hydrogens (tertiary/aromatic N) is 1. The van der Waals surface area contributed by atoms with Crippen molar-refractivity contribution in [3.63, 3.8) is 0 Å². The van der Waals surface area contributed by atoms with Gasteiger partial charge in [-0.1, -0.05) is 31.2 Å². The fourth-order valence-corrected chi connectivity index (χ4v) is 4.50. The van der Waals surface area contributed by atoms with E-state index in [0.717, 1.165) is 12.0 Å². The van der Waals surface area contributed by atoms with Gasteiger partial charge in [-0.2, -0.15) is 0 Å². The van der Waals surface area contributed by atoms with Crippen molar-refractivity contribution in [3.8, 4) is 17.2 Å². The Hall–Kier alpha value is -4.26. The minimum Gasteiger partial charge on any atom is -0.507 e. The van der Waals surface area contributed by atoms with Crippen molar-refractivity contribution in [2.75, 3.05) is 26.2 Å². The van der Waals surface area contributed by atoms with Gasteiger partial charge in [0.25, 0.3) is 11.7 Å². The third kappa shape index (κ3) is 4.28. The average Bonchev–Trinajstić information content (AvgIpc) is 3.17. The van der Waals surface area contributed by atoms with Crippen LogP contribution in [0.2, 0.25) is 0 Å². The normalized spacial score (nSPS) is 16.8. The van der Waals surface area contributed by atoms with E-state index in [1.54, 1.807) is 43.5 Å². The summed E-state index contributed by atoms with van der Waals surface area (Å²) in [4.78, 5) is 28.3. The Balaban J connectivity index is 1.94. The quantitative estimate of drug-likeness (QED) is 0.280. The fourth-order valence-electron chi connectivity index (χ4n) is 4.50. The molecule has 0 bridgehead atoms. The number of rotatable bonds is 7. The van der Waals surface area contributed by atoms with Crippen molar-refractivity contribution < 1.29 is 28.9 Å². The van der Waals surface area contributed by atoms with Gasteiger partial charge in [-0.3, -0.25) is 14.5 Å². The predicted octanol–water partition coefficient (Wildman–Crippen LogP) is 5.21. The number of hydrogen-bond acceptors (Lipinski definition) is 6. The SMILES string of the molecule is CCc1ccc(C2/C(=C(\O)c3ccc(OC)cc3C)C(=O)C(=O)N2c2ccc(OC)c(OC)c2)cc1. The summed E-state index contributed by atoms with van der Waals surface area (Å²) in [5, 5.41) is 11.4. The number of carbonyl (C=O) groups is 2. The lowest BCUT2D eigenvalue weighted by Crippen LogP contribution is -2.29. The fraction of sp³-hybridized carbons (Fsp3) is 0.241. The van der Waals surface area contributed by atoms with E-state index < -0.39 is 17.7 Å². The Morgan fingerprint density at radius 2 is 1.58 bits per heavy atom. The highest BCUT2D eigenvalue weighted by Gasteiger charge is 2.47. The summed E-state index contributed by atoms with van der Waals surface area (Å²) in [6, 6.07) is 17.0. The highest BCUT2D eigenvalue weighted by molar-refractivity contribution is 6.51. The number of methoxy groups -OCH3 is 3. The number of benzene rings is 3. The molecule has 3 aromatic rings. The molecule has 1 saturated heterocycles. The second-order valence-corrected chi connectivity index (χ2v) is 8.48. The predicted molar refractivity (Wildman–Crippen MR) is 138 cm³/mol. The third-order valence-electron chi connectivity index (χ3n) is 6.48. The Kier molecular flexibility index (Phi) is 7.01. The lowest BCUT2D eigenvalue weighted by atomic mass is 9.93. The molecule has 1 aliphatic rings. The summed E-state index contributed by atoms with van der Waals surface area (Å²) in [5.74, 6) is -0.192. The van der Waals surface area contributed by atoms with Crippen molar-refractivity contribution in [2.45, 2.75) is 26.3 Å². The molecule has 0 spiro atoms. The molecule has 0 aromatic heterocycles. The summed E-state index contributed by atoms with van der Waals surface area (Å²) in [5.41, 5.74) is 3.46. The Labute approximate surface area is 210 Å². The number of Topliss-reactive ketones (excluding diaryl/α,β-unsaturated/α-hetero) is 1. The van der Waals surface area contributed by atoms with Gasteiger partial charge in [0, 0.05) is 17.3 Å². The minimum atomic E-state index is -0.837. The molecule has 1 atom stereocenters. The Morgan fingerprint density at radius 1 is 0.889 bits per heavy atom. The van der Waals surface area contributed by atoms with Crippen LogP contribution in [0.5, 0.6) is 17.2 Å². The number of hydrogen-bond donors (Lipinski definition) is 1. The van der Waals surface area contributed by atoms with Gasteiger partial charge in [-0.15, -0.1) is 0 Å². The molecule has 1 aliphatic heterocycles. The van der Waals surface area contributed by atoms with E-state index in [9.17, 15) is 14.7 Å². The Bertz CT molecular complexity index is 1340. The van der Waals surface area contributed by atoms with E-state index in [2.05, 4.69) is 6.92 Å². The maximum Gasteiger partial charge on any atom is 0.300 e. The van der Waals surface area contributed by atoms with E-state index in [4.69, 9.17) is 14.2 Å². The lowest BCUT2D eigenvalue weighted by molar-refractivity contribution is -0.132. The molecule has 0 aliphatic carbocycles. The largest absolute Gasteiger partial charge is 0.507 e. The van der Waals surface area contributed by atoms with Gasteiger partial charge < -0.3 is 19.3 Å². The van der Waals surface area contributed by atoms with Crippen LogP contribution in [0.15, 0.2) is 66.2 Å². The van der Waals surface area contributed by atoms with E-state index in [1.807, 2.05) is 31.2 Å². The number of ketones is 1. The number of amides is 1. The van der Waals surface area contributed by atoms with E-state index in [0.29, 0.717) is 39.6 Å². The van der Waals surface area contributed by atoms with E-state index in [-0.39, 0.29) is 11.3 Å². The van der Waals surface area contributed by atoms with Crippen LogP contribution < -0.4 is 19.1 Å². The molecule has 186 valence electrons. The molecule has 0 radical (unpaired) electrons. The van der Waals surface area contributed by atoms with Crippen molar-refractivity contribution >= 4 is 23.1 Å². The molecule has 1 N–H and O–H groups in total. The summed E-state index contributed by atoms with van der Waals surface area (Å²) in [6.45, 7) is 3.87. The number of aliphatic hydroxyl groups excluding tert-OH is 1. The first-order valence-electron chi connectivity index (χ1n) is 11.6. The number of aryl methyl sites for hydroxylation is 2. The monoisotopic (exact) mass is 487 g/mol. The second-order valence-electron chi connectivity index (χ2n) is 8.48. The first-order valence-corrected chi connectivity index (χ1v) is 11.6. The summed E-state index contributed by atoms with van der Waals surface area (Å²) in [7, 11) is 4.59. The van der Waals surface area contributed by atoms with Crippen LogP contribution in [-0.4, -0.2) is 38.1 Å². The Morgan fingerprint density at radius 3 is 2.17 bits per heavy atom. The van der Waals surface area contributed by atoms with E-state index >= 15 is 0 Å². The summed E-state index contributed by atoms with van der Waals surface area (Å²) < 4.78 is 16.0. The van der Waals surface area contributed by atoms with Gasteiger partial charge in [0.05, 0.1) is 32.9 Å². The molecule has 7 heteroatoms. The highest BCUT2D eigenvalue weighted by atomic mass is 16.5. The molecule has 7 nitrogen and oxygen atoms in total. The molecule has 36 heavy (non-hydrogen) atoms. The van der Waals surface area contributed by atoms with Gasteiger partial charge >= 0.3 is 0 Å². The third-order valence-corrected chi connectivity index (χ3v) is 6.48. The minimum absolute atomic E-state index is 0.0206. The molecule has 4 rings (SSSR count). The zero-order valence-corrected chi connectivity index (χ0v) is 21.0. The maximum atomic E-state index is 13.4. The molecule has 1 amide bonds. The molecule has 0 saturated carbocycles. The lowest BCUT2D eigenvalue weighted by Gasteiger charge is -2.26. The van der Waals surface area contributed by atoms with Crippen molar-refractivity contribution in [1.29, 1.82) is 0 Å². The van der Waals surface area contributed by atoms with Crippen LogP contribution in [0.3, 0.4) is 0 Å². The van der Waals surface area contributed by atoms with Crippen LogP contribution in [0.4, 0.5) is 5.69 Å². The molecular weight excluding hydrogens is 458 g/mol. The number of carbonyl (C=O) groups excluding carboxylic acids is 2. The first-order chi connectivity index (χ1) is 17.3. The highest BCUT2D eigenvalue weighted by Crippen LogP contribution is 2.44. The number of anilines is 1. The van der Waals surface area contributed by atoms with Crippen molar-refractivity contribution in [1.82, 2.24) is 0 Å². The van der Waals surface area contributed by atoms with Crippen molar-refractivity contribution in [3.05, 3.63) is 88.5 Å². The first kappa shape index (κ1) is 24.9. The van der Waals surface area contributed by atoms with Gasteiger partial charge in [-0.05, 0) is 60.4 Å². The van der Waals surface area contributed by atoms with Crippen LogP contribution in [-0.2, 0) is 16.0 Å². The van der Waals surface area contributed by atoms with Gasteiger partial charge in [0.2, 0.25) is 0 Å². The van der Waals surface area contributed by atoms with Crippen LogP contribution in [0.25, 0.3) is 5.76 Å². The van der Waals surface area contributed by atoms with E-state index in [1.165, 1.54) is 19.1 Å². The summed E-state index contributed by atoms with van der Waals surface area (Å²) >= 11 is 0. The van der Waals surface area contributed by atoms with Gasteiger partial charge in [0.15, 0.2) is 11.5 Å². The molecule has 1 unspecified atom stereocenters. The molecule has 1 heterocycles. The van der Waals surface area contributed by atoms with Crippen molar-refractivity contribution in [2.24, 2.45) is 0 Å². The molecule has 1 fully saturated rings. The zero-order valence-electron chi connectivity index (χ0n) is 21.0. The second kappa shape index (κ2) is 10.2. The number of ether oxygens (including phenoxy) is 3. The summed E-state index contributed by atoms with van der Waals surface area (Å²) in [6.07, 6.45) is 0.848. The topological polar surface area (TPSA) is 85.3 Å². The van der Waals surface area contributed by atoms with Gasteiger partial charge in [-0.25, -0.2) is 0 Å². The number of aliphatic hydroxyl groups is 1. The average molecular weight is 488 g/mol.